The molecule has 1 aromatic carbocycles. The van der Waals surface area contributed by atoms with Crippen molar-refractivity contribution in [3.63, 3.8) is 0 Å². The van der Waals surface area contributed by atoms with E-state index in [1.807, 2.05) is 24.0 Å². The molecule has 0 atom stereocenters. The Morgan fingerprint density at radius 2 is 1.68 bits per heavy atom. The van der Waals surface area contributed by atoms with Gasteiger partial charge in [0.05, 0.1) is 11.1 Å². The summed E-state index contributed by atoms with van der Waals surface area (Å²) in [5, 5.41) is 0.984. The first-order valence-corrected chi connectivity index (χ1v) is 8.32. The molecule has 116 valence electrons. The second-order valence-corrected chi connectivity index (χ2v) is 6.39. The number of carbonyl (C=O) groups is 1. The molecular formula is C19H24N2O. The summed E-state index contributed by atoms with van der Waals surface area (Å²) in [6.07, 6.45) is 6.01. The number of amides is 1. The Labute approximate surface area is 132 Å². The number of nitrogens with zero attached hydrogens (tertiary/aromatic N) is 2. The van der Waals surface area contributed by atoms with Crippen molar-refractivity contribution in [2.75, 3.05) is 13.1 Å². The molecule has 2 heterocycles. The summed E-state index contributed by atoms with van der Waals surface area (Å²) in [5.74, 6) is 0.169. The third kappa shape index (κ3) is 3.13. The minimum Gasteiger partial charge on any atom is -0.339 e. The minimum atomic E-state index is 0.169. The van der Waals surface area contributed by atoms with Gasteiger partial charge >= 0.3 is 0 Å². The van der Waals surface area contributed by atoms with Gasteiger partial charge in [0.1, 0.15) is 0 Å². The minimum absolute atomic E-state index is 0.169. The van der Waals surface area contributed by atoms with Crippen LogP contribution in [-0.2, 0) is 0 Å². The van der Waals surface area contributed by atoms with E-state index < -0.39 is 0 Å². The molecule has 0 bridgehead atoms. The van der Waals surface area contributed by atoms with Gasteiger partial charge in [0.25, 0.3) is 5.91 Å². The van der Waals surface area contributed by atoms with Crippen LogP contribution in [0, 0.1) is 13.8 Å². The monoisotopic (exact) mass is 296 g/mol. The van der Waals surface area contributed by atoms with Crippen molar-refractivity contribution in [1.29, 1.82) is 0 Å². The van der Waals surface area contributed by atoms with Crippen LogP contribution in [0.5, 0.6) is 0 Å². The van der Waals surface area contributed by atoms with E-state index in [9.17, 15) is 4.79 Å². The van der Waals surface area contributed by atoms with Crippen LogP contribution in [0.4, 0.5) is 0 Å². The summed E-state index contributed by atoms with van der Waals surface area (Å²) >= 11 is 0. The van der Waals surface area contributed by atoms with Gasteiger partial charge in [-0.25, -0.2) is 0 Å². The molecule has 0 spiro atoms. The van der Waals surface area contributed by atoms with E-state index in [-0.39, 0.29) is 5.91 Å². The molecule has 1 aliphatic rings. The van der Waals surface area contributed by atoms with Crippen molar-refractivity contribution in [2.24, 2.45) is 0 Å². The maximum atomic E-state index is 13.0. The lowest BCUT2D eigenvalue weighted by atomic mass is 10.0. The first-order chi connectivity index (χ1) is 10.6. The Morgan fingerprint density at radius 3 is 2.41 bits per heavy atom. The molecular weight excluding hydrogens is 272 g/mol. The third-order valence-electron chi connectivity index (χ3n) is 4.47. The highest BCUT2D eigenvalue weighted by Crippen LogP contribution is 2.22. The van der Waals surface area contributed by atoms with E-state index >= 15 is 0 Å². The molecule has 2 aromatic rings. The molecule has 1 saturated heterocycles. The fraction of sp³-hybridized carbons (Fsp3) is 0.474. The van der Waals surface area contributed by atoms with Gasteiger partial charge in [-0.2, -0.15) is 0 Å². The van der Waals surface area contributed by atoms with Crippen molar-refractivity contribution in [3.8, 4) is 0 Å². The molecule has 0 unspecified atom stereocenters. The van der Waals surface area contributed by atoms with E-state index in [1.54, 1.807) is 0 Å². The molecule has 22 heavy (non-hydrogen) atoms. The van der Waals surface area contributed by atoms with Crippen LogP contribution in [0.15, 0.2) is 24.3 Å². The van der Waals surface area contributed by atoms with Crippen molar-refractivity contribution in [3.05, 3.63) is 41.1 Å². The number of pyridine rings is 1. The fourth-order valence-electron chi connectivity index (χ4n) is 3.27. The van der Waals surface area contributed by atoms with Gasteiger partial charge in [-0.05, 0) is 44.9 Å². The quantitative estimate of drug-likeness (QED) is 0.788. The van der Waals surface area contributed by atoms with E-state index in [2.05, 4.69) is 24.0 Å². The second-order valence-electron chi connectivity index (χ2n) is 6.39. The van der Waals surface area contributed by atoms with Gasteiger partial charge in [-0.3, -0.25) is 9.78 Å². The standard InChI is InChI=1S/C19H24N2O/c1-14-8-9-18-16(12-14)17(13-15(2)20-18)19(22)21-10-6-4-3-5-7-11-21/h8-9,12-13H,3-7,10-11H2,1-2H3. The van der Waals surface area contributed by atoms with E-state index in [0.29, 0.717) is 0 Å². The molecule has 1 aromatic heterocycles. The van der Waals surface area contributed by atoms with Gasteiger partial charge in [-0.1, -0.05) is 30.9 Å². The van der Waals surface area contributed by atoms with Crippen molar-refractivity contribution in [2.45, 2.75) is 46.0 Å². The topological polar surface area (TPSA) is 33.2 Å². The zero-order valence-corrected chi connectivity index (χ0v) is 13.6. The number of benzene rings is 1. The summed E-state index contributed by atoms with van der Waals surface area (Å²) < 4.78 is 0. The number of rotatable bonds is 1. The van der Waals surface area contributed by atoms with Crippen LogP contribution < -0.4 is 0 Å². The summed E-state index contributed by atoms with van der Waals surface area (Å²) in [7, 11) is 0. The Morgan fingerprint density at radius 1 is 1.00 bits per heavy atom. The van der Waals surface area contributed by atoms with Crippen LogP contribution in [0.3, 0.4) is 0 Å². The number of aromatic nitrogens is 1. The highest BCUT2D eigenvalue weighted by Gasteiger charge is 2.19. The maximum Gasteiger partial charge on any atom is 0.254 e. The summed E-state index contributed by atoms with van der Waals surface area (Å²) in [6.45, 7) is 5.79. The predicted octanol–water partition coefficient (Wildman–Crippen LogP) is 4.26. The Bertz CT molecular complexity index is 685. The van der Waals surface area contributed by atoms with Gasteiger partial charge in [0, 0.05) is 24.2 Å². The molecule has 3 nitrogen and oxygen atoms in total. The zero-order valence-electron chi connectivity index (χ0n) is 13.6. The first kappa shape index (κ1) is 15.0. The van der Waals surface area contributed by atoms with Crippen LogP contribution >= 0.6 is 0 Å². The van der Waals surface area contributed by atoms with Crippen LogP contribution in [0.1, 0.15) is 53.7 Å². The van der Waals surface area contributed by atoms with Gasteiger partial charge < -0.3 is 4.90 Å². The number of carbonyl (C=O) groups excluding carboxylic acids is 1. The number of hydrogen-bond donors (Lipinski definition) is 0. The Hall–Kier alpha value is -1.90. The van der Waals surface area contributed by atoms with E-state index in [4.69, 9.17) is 0 Å². The molecule has 3 rings (SSSR count). The maximum absolute atomic E-state index is 13.0. The van der Waals surface area contributed by atoms with Crippen molar-refractivity contribution >= 4 is 16.8 Å². The van der Waals surface area contributed by atoms with Gasteiger partial charge in [0.15, 0.2) is 0 Å². The highest BCUT2D eigenvalue weighted by atomic mass is 16.2. The second kappa shape index (κ2) is 6.47. The number of likely N-dealkylation sites (tertiary alicyclic amines) is 1. The lowest BCUT2D eigenvalue weighted by molar-refractivity contribution is 0.0744. The normalized spacial score (nSPS) is 16.4. The van der Waals surface area contributed by atoms with Gasteiger partial charge in [0.2, 0.25) is 0 Å². The largest absolute Gasteiger partial charge is 0.339 e. The van der Waals surface area contributed by atoms with Crippen LogP contribution in [-0.4, -0.2) is 28.9 Å². The van der Waals surface area contributed by atoms with Crippen molar-refractivity contribution < 1.29 is 4.79 Å². The molecule has 0 saturated carbocycles. The lowest BCUT2D eigenvalue weighted by Gasteiger charge is -2.25. The van der Waals surface area contributed by atoms with E-state index in [1.165, 1.54) is 24.8 Å². The average molecular weight is 296 g/mol. The molecule has 3 heteroatoms. The van der Waals surface area contributed by atoms with Crippen molar-refractivity contribution in [1.82, 2.24) is 9.88 Å². The number of aryl methyl sites for hydroxylation is 2. The Kier molecular flexibility index (Phi) is 4.41. The molecule has 1 amide bonds. The summed E-state index contributed by atoms with van der Waals surface area (Å²) in [4.78, 5) is 19.6. The highest BCUT2D eigenvalue weighted by molar-refractivity contribution is 6.06. The zero-order chi connectivity index (χ0) is 15.5. The molecule has 1 fully saturated rings. The number of hydrogen-bond acceptors (Lipinski definition) is 2. The van der Waals surface area contributed by atoms with E-state index in [0.717, 1.165) is 48.1 Å². The molecule has 0 N–H and O–H groups in total. The Balaban J connectivity index is 2.00. The number of fused-ring (bicyclic) bond motifs is 1. The van der Waals surface area contributed by atoms with Gasteiger partial charge in [-0.15, -0.1) is 0 Å². The molecule has 0 aliphatic carbocycles. The fourth-order valence-corrected chi connectivity index (χ4v) is 3.27. The lowest BCUT2D eigenvalue weighted by Crippen LogP contribution is -2.34. The first-order valence-electron chi connectivity index (χ1n) is 8.32. The predicted molar refractivity (Wildman–Crippen MR) is 90.2 cm³/mol. The molecule has 0 radical (unpaired) electrons. The smallest absolute Gasteiger partial charge is 0.254 e. The SMILES string of the molecule is Cc1ccc2nc(C)cc(C(=O)N3CCCCCCC3)c2c1. The van der Waals surface area contributed by atoms with Crippen LogP contribution in [0.2, 0.25) is 0 Å². The van der Waals surface area contributed by atoms with Crippen LogP contribution in [0.25, 0.3) is 10.9 Å². The average Bonchev–Trinajstić information content (AvgIpc) is 2.46. The summed E-state index contributed by atoms with van der Waals surface area (Å²) in [6, 6.07) is 8.10. The summed E-state index contributed by atoms with van der Waals surface area (Å²) in [5.41, 5.74) is 3.80. The third-order valence-corrected chi connectivity index (χ3v) is 4.47. The molecule has 1 aliphatic heterocycles.